The zero-order chi connectivity index (χ0) is 22.7. The molecule has 1 aromatic heterocycles. The molecule has 168 valence electrons. The maximum Gasteiger partial charge on any atom is 0.237 e. The number of hydrogen-bond donors (Lipinski definition) is 0. The molecule has 0 aliphatic carbocycles. The summed E-state index contributed by atoms with van der Waals surface area (Å²) in [6.45, 7) is 7.69. The van der Waals surface area contributed by atoms with Gasteiger partial charge in [-0.1, -0.05) is 67.5 Å². The molecule has 0 radical (unpaired) electrons. The first-order chi connectivity index (χ1) is 15.4. The summed E-state index contributed by atoms with van der Waals surface area (Å²) in [4.78, 5) is 14.8. The van der Waals surface area contributed by atoms with Crippen molar-refractivity contribution in [1.82, 2.24) is 14.8 Å². The van der Waals surface area contributed by atoms with E-state index in [1.165, 1.54) is 17.3 Å². The van der Waals surface area contributed by atoms with Crippen LogP contribution in [0.3, 0.4) is 0 Å². The number of anilines is 1. The van der Waals surface area contributed by atoms with E-state index in [1.807, 2.05) is 48.2 Å². The molecule has 6 nitrogen and oxygen atoms in total. The Labute approximate surface area is 197 Å². The Kier molecular flexibility index (Phi) is 7.06. The fourth-order valence-electron chi connectivity index (χ4n) is 3.83. The monoisotopic (exact) mass is 470 g/mol. The summed E-state index contributed by atoms with van der Waals surface area (Å²) in [5, 5.41) is 10.1. The summed E-state index contributed by atoms with van der Waals surface area (Å²) >= 11 is 7.68. The van der Waals surface area contributed by atoms with Crippen molar-refractivity contribution in [3.63, 3.8) is 0 Å². The maximum atomic E-state index is 12.9. The molecule has 1 atom stereocenters. The highest BCUT2D eigenvalue weighted by molar-refractivity contribution is 7.99. The third-order valence-electron chi connectivity index (χ3n) is 5.31. The summed E-state index contributed by atoms with van der Waals surface area (Å²) in [6.07, 6.45) is 0.564. The summed E-state index contributed by atoms with van der Waals surface area (Å²) in [5.41, 5.74) is 2.24. The van der Waals surface area contributed by atoms with E-state index >= 15 is 0 Å². The molecule has 1 unspecified atom stereocenters. The number of halogens is 1. The Hall–Kier alpha value is -2.51. The van der Waals surface area contributed by atoms with Gasteiger partial charge in [0.2, 0.25) is 5.91 Å². The molecular formula is C24H27ClN4O2S. The van der Waals surface area contributed by atoms with E-state index in [-0.39, 0.29) is 12.0 Å². The second kappa shape index (κ2) is 9.96. The van der Waals surface area contributed by atoms with Crippen LogP contribution < -0.4 is 9.64 Å². The first kappa shape index (κ1) is 22.7. The van der Waals surface area contributed by atoms with E-state index in [0.717, 1.165) is 36.2 Å². The molecule has 8 heteroatoms. The van der Waals surface area contributed by atoms with Gasteiger partial charge in [0, 0.05) is 18.8 Å². The number of rotatable bonds is 8. The van der Waals surface area contributed by atoms with Crippen molar-refractivity contribution in [2.75, 3.05) is 17.2 Å². The number of hydrogen-bond acceptors (Lipinski definition) is 5. The summed E-state index contributed by atoms with van der Waals surface area (Å²) in [6, 6.07) is 15.5. The fourth-order valence-corrected chi connectivity index (χ4v) is 4.84. The smallest absolute Gasteiger partial charge is 0.237 e. The second-order valence-corrected chi connectivity index (χ2v) is 9.60. The molecule has 0 bridgehead atoms. The van der Waals surface area contributed by atoms with Gasteiger partial charge in [0.25, 0.3) is 0 Å². The SMILES string of the molecule is CC(C)Cn1c(SCC(=O)N2CCc3ccccc32)nnc1C(C)Oc1ccccc1Cl. The number of aromatic nitrogens is 3. The summed E-state index contributed by atoms with van der Waals surface area (Å²) < 4.78 is 8.13. The van der Waals surface area contributed by atoms with Crippen molar-refractivity contribution < 1.29 is 9.53 Å². The average molecular weight is 471 g/mol. The van der Waals surface area contributed by atoms with Gasteiger partial charge in [-0.05, 0) is 43.0 Å². The quantitative estimate of drug-likeness (QED) is 0.412. The van der Waals surface area contributed by atoms with E-state index in [9.17, 15) is 4.79 Å². The highest BCUT2D eigenvalue weighted by Gasteiger charge is 2.26. The Morgan fingerprint density at radius 1 is 1.12 bits per heavy atom. The Morgan fingerprint density at radius 3 is 2.66 bits per heavy atom. The molecule has 1 aliphatic rings. The zero-order valence-electron chi connectivity index (χ0n) is 18.5. The molecule has 0 N–H and O–H groups in total. The molecule has 3 aromatic rings. The first-order valence-electron chi connectivity index (χ1n) is 10.8. The van der Waals surface area contributed by atoms with Crippen LogP contribution in [-0.4, -0.2) is 33.0 Å². The molecule has 1 aliphatic heterocycles. The number of nitrogens with zero attached hydrogens (tertiary/aromatic N) is 4. The van der Waals surface area contributed by atoms with Gasteiger partial charge in [-0.3, -0.25) is 4.79 Å². The Bertz CT molecular complexity index is 1100. The number of benzene rings is 2. The van der Waals surface area contributed by atoms with Crippen molar-refractivity contribution in [3.05, 3.63) is 64.9 Å². The number of amides is 1. The van der Waals surface area contributed by atoms with E-state index in [4.69, 9.17) is 16.3 Å². The number of carbonyl (C=O) groups is 1. The number of carbonyl (C=O) groups excluding carboxylic acids is 1. The first-order valence-corrected chi connectivity index (χ1v) is 12.2. The Balaban J connectivity index is 1.49. The van der Waals surface area contributed by atoms with Crippen LogP contribution in [0.1, 0.15) is 38.3 Å². The predicted octanol–water partition coefficient (Wildman–Crippen LogP) is 5.41. The van der Waals surface area contributed by atoms with Crippen molar-refractivity contribution in [1.29, 1.82) is 0 Å². The van der Waals surface area contributed by atoms with Gasteiger partial charge >= 0.3 is 0 Å². The van der Waals surface area contributed by atoms with Crippen LogP contribution in [-0.2, 0) is 17.8 Å². The second-order valence-electron chi connectivity index (χ2n) is 8.25. The maximum absolute atomic E-state index is 12.9. The van der Waals surface area contributed by atoms with E-state index in [2.05, 4.69) is 34.7 Å². The Morgan fingerprint density at radius 2 is 1.88 bits per heavy atom. The fraction of sp³-hybridized carbons (Fsp3) is 0.375. The van der Waals surface area contributed by atoms with E-state index in [0.29, 0.717) is 22.4 Å². The molecule has 0 saturated carbocycles. The van der Waals surface area contributed by atoms with Gasteiger partial charge in [0.15, 0.2) is 17.1 Å². The zero-order valence-corrected chi connectivity index (χ0v) is 20.1. The van der Waals surface area contributed by atoms with Crippen LogP contribution in [0.4, 0.5) is 5.69 Å². The molecular weight excluding hydrogens is 444 g/mol. The van der Waals surface area contributed by atoms with Crippen LogP contribution in [0.15, 0.2) is 53.7 Å². The molecule has 32 heavy (non-hydrogen) atoms. The molecule has 0 spiro atoms. The topological polar surface area (TPSA) is 60.2 Å². The van der Waals surface area contributed by atoms with Gasteiger partial charge in [-0.25, -0.2) is 0 Å². The van der Waals surface area contributed by atoms with Gasteiger partial charge in [0.05, 0.1) is 10.8 Å². The lowest BCUT2D eigenvalue weighted by atomic mass is 10.2. The normalized spacial score (nSPS) is 14.0. The average Bonchev–Trinajstić information content (AvgIpc) is 3.37. The summed E-state index contributed by atoms with van der Waals surface area (Å²) in [5.74, 6) is 2.11. The lowest BCUT2D eigenvalue weighted by molar-refractivity contribution is -0.116. The van der Waals surface area contributed by atoms with Crippen LogP contribution in [0.25, 0.3) is 0 Å². The number of fused-ring (bicyclic) bond motifs is 1. The van der Waals surface area contributed by atoms with E-state index in [1.54, 1.807) is 6.07 Å². The molecule has 1 amide bonds. The number of ether oxygens (including phenoxy) is 1. The number of thioether (sulfide) groups is 1. The molecule has 2 heterocycles. The third-order valence-corrected chi connectivity index (χ3v) is 6.57. The van der Waals surface area contributed by atoms with Gasteiger partial charge in [0.1, 0.15) is 5.75 Å². The van der Waals surface area contributed by atoms with Crippen LogP contribution in [0.5, 0.6) is 5.75 Å². The van der Waals surface area contributed by atoms with Crippen LogP contribution in [0.2, 0.25) is 5.02 Å². The van der Waals surface area contributed by atoms with Crippen LogP contribution in [0, 0.1) is 5.92 Å². The van der Waals surface area contributed by atoms with Crippen molar-refractivity contribution in [2.45, 2.75) is 45.0 Å². The van der Waals surface area contributed by atoms with Crippen LogP contribution >= 0.6 is 23.4 Å². The highest BCUT2D eigenvalue weighted by Crippen LogP contribution is 2.31. The minimum atomic E-state index is -0.336. The number of para-hydroxylation sites is 2. The molecule has 0 saturated heterocycles. The van der Waals surface area contributed by atoms with Gasteiger partial charge in [-0.2, -0.15) is 0 Å². The van der Waals surface area contributed by atoms with Gasteiger partial charge in [-0.15, -0.1) is 10.2 Å². The molecule has 4 rings (SSSR count). The van der Waals surface area contributed by atoms with E-state index < -0.39 is 0 Å². The minimum absolute atomic E-state index is 0.0842. The lowest BCUT2D eigenvalue weighted by Crippen LogP contribution is -2.30. The lowest BCUT2D eigenvalue weighted by Gasteiger charge is -2.19. The third kappa shape index (κ3) is 4.94. The summed E-state index contributed by atoms with van der Waals surface area (Å²) in [7, 11) is 0. The highest BCUT2D eigenvalue weighted by atomic mass is 35.5. The van der Waals surface area contributed by atoms with Crippen molar-refractivity contribution in [2.24, 2.45) is 5.92 Å². The minimum Gasteiger partial charge on any atom is -0.481 e. The molecule has 0 fully saturated rings. The standard InChI is InChI=1S/C24H27ClN4O2S/c1-16(2)14-29-23(17(3)31-21-11-7-5-9-19(21)25)26-27-24(29)32-15-22(30)28-13-12-18-8-4-6-10-20(18)28/h4-11,16-17H,12-15H2,1-3H3. The predicted molar refractivity (Wildman–Crippen MR) is 129 cm³/mol. The molecule has 2 aromatic carbocycles. The van der Waals surface area contributed by atoms with Crippen molar-refractivity contribution >= 4 is 35.0 Å². The van der Waals surface area contributed by atoms with Crippen molar-refractivity contribution in [3.8, 4) is 5.75 Å². The van der Waals surface area contributed by atoms with Gasteiger partial charge < -0.3 is 14.2 Å². The largest absolute Gasteiger partial charge is 0.481 e.